The highest BCUT2D eigenvalue weighted by Crippen LogP contribution is 2.23. The number of alkyl halides is 3. The van der Waals surface area contributed by atoms with Crippen LogP contribution in [0.5, 0.6) is 0 Å². The molecule has 1 aromatic carbocycles. The number of nitrogens with zero attached hydrogens (tertiary/aromatic N) is 2. The summed E-state index contributed by atoms with van der Waals surface area (Å²) in [6.45, 7) is 1.40. The van der Waals surface area contributed by atoms with Gasteiger partial charge in [0, 0.05) is 22.3 Å². The molecule has 2 aromatic heterocycles. The Hall–Kier alpha value is -2.28. The number of aryl methyl sites for hydroxylation is 1. The van der Waals surface area contributed by atoms with Gasteiger partial charge in [0.25, 0.3) is 5.56 Å². The molecule has 0 aliphatic rings. The number of rotatable bonds is 2. The van der Waals surface area contributed by atoms with E-state index in [0.29, 0.717) is 10.7 Å². The smallest absolute Gasteiger partial charge is 0.289 e. The molecule has 2 heterocycles. The van der Waals surface area contributed by atoms with Gasteiger partial charge in [-0.1, -0.05) is 23.7 Å². The summed E-state index contributed by atoms with van der Waals surface area (Å²) in [5.41, 5.74) is 0.547. The number of hydrogen-bond donors (Lipinski definition) is 1. The van der Waals surface area contributed by atoms with Crippen LogP contribution in [-0.2, 0) is 6.42 Å². The third-order valence-corrected chi connectivity index (χ3v) is 3.70. The van der Waals surface area contributed by atoms with Gasteiger partial charge in [0.2, 0.25) is 0 Å². The molecule has 3 rings (SSSR count). The van der Waals surface area contributed by atoms with E-state index in [1.165, 1.54) is 6.92 Å². The van der Waals surface area contributed by atoms with Crippen molar-refractivity contribution in [1.29, 1.82) is 0 Å². The molecule has 0 bridgehead atoms. The third-order valence-electron chi connectivity index (χ3n) is 3.45. The van der Waals surface area contributed by atoms with Crippen molar-refractivity contribution in [3.63, 3.8) is 0 Å². The standard InChI is InChI=1S/C15H11ClF3N3O/c1-8-11(7-15(17,18)19)14(23)22-13(20-8)6-12(21-22)9-2-4-10(16)5-3-9/h2-6,21H,7H2,1H3. The lowest BCUT2D eigenvalue weighted by Gasteiger charge is -2.08. The van der Waals surface area contributed by atoms with Crippen LogP contribution in [0, 0.1) is 6.92 Å². The Kier molecular flexibility index (Phi) is 3.68. The second kappa shape index (κ2) is 5.42. The maximum absolute atomic E-state index is 12.6. The number of halogens is 4. The van der Waals surface area contributed by atoms with Gasteiger partial charge in [0.05, 0.1) is 12.1 Å². The molecule has 4 nitrogen and oxygen atoms in total. The molecular formula is C15H11ClF3N3O. The van der Waals surface area contributed by atoms with Crippen LogP contribution < -0.4 is 5.56 Å². The molecule has 0 aliphatic heterocycles. The Balaban J connectivity index is 2.15. The van der Waals surface area contributed by atoms with E-state index in [2.05, 4.69) is 10.1 Å². The van der Waals surface area contributed by atoms with Crippen LogP contribution in [-0.4, -0.2) is 20.8 Å². The van der Waals surface area contributed by atoms with E-state index in [-0.39, 0.29) is 16.9 Å². The second-order valence-electron chi connectivity index (χ2n) is 5.14. The summed E-state index contributed by atoms with van der Waals surface area (Å²) in [6.07, 6.45) is -5.77. The lowest BCUT2D eigenvalue weighted by Crippen LogP contribution is -2.26. The average molecular weight is 342 g/mol. The molecule has 0 radical (unpaired) electrons. The quantitative estimate of drug-likeness (QED) is 0.771. The third kappa shape index (κ3) is 3.10. The van der Waals surface area contributed by atoms with Gasteiger partial charge in [-0.05, 0) is 24.6 Å². The fourth-order valence-electron chi connectivity index (χ4n) is 2.35. The summed E-state index contributed by atoms with van der Waals surface area (Å²) in [4.78, 5) is 16.4. The molecule has 120 valence electrons. The van der Waals surface area contributed by atoms with Crippen molar-refractivity contribution in [1.82, 2.24) is 14.6 Å². The average Bonchev–Trinajstić information content (AvgIpc) is 2.87. The Bertz CT molecular complexity index is 926. The molecule has 0 atom stereocenters. The lowest BCUT2D eigenvalue weighted by molar-refractivity contribution is -0.127. The predicted molar refractivity (Wildman–Crippen MR) is 80.8 cm³/mol. The van der Waals surface area contributed by atoms with E-state index in [4.69, 9.17) is 11.6 Å². The normalized spacial score (nSPS) is 12.0. The first-order chi connectivity index (χ1) is 10.7. The highest BCUT2D eigenvalue weighted by atomic mass is 35.5. The van der Waals surface area contributed by atoms with Gasteiger partial charge in [-0.25, -0.2) is 9.50 Å². The first-order valence-corrected chi connectivity index (χ1v) is 7.06. The lowest BCUT2D eigenvalue weighted by atomic mass is 10.1. The molecule has 0 amide bonds. The van der Waals surface area contributed by atoms with Crippen molar-refractivity contribution in [2.24, 2.45) is 0 Å². The first-order valence-electron chi connectivity index (χ1n) is 6.68. The van der Waals surface area contributed by atoms with Crippen LogP contribution in [0.2, 0.25) is 5.02 Å². The number of fused-ring (bicyclic) bond motifs is 1. The van der Waals surface area contributed by atoms with Gasteiger partial charge in [-0.15, -0.1) is 0 Å². The zero-order valence-electron chi connectivity index (χ0n) is 11.9. The molecule has 0 unspecified atom stereocenters. The van der Waals surface area contributed by atoms with E-state index in [1.807, 2.05) is 0 Å². The predicted octanol–water partition coefficient (Wildman–Crippen LogP) is 3.76. The molecule has 0 saturated carbocycles. The Labute approximate surface area is 133 Å². The van der Waals surface area contributed by atoms with Crippen LogP contribution in [0.15, 0.2) is 35.1 Å². The molecule has 0 fully saturated rings. The zero-order valence-corrected chi connectivity index (χ0v) is 12.7. The highest BCUT2D eigenvalue weighted by Gasteiger charge is 2.31. The molecule has 23 heavy (non-hydrogen) atoms. The minimum Gasteiger partial charge on any atom is -0.289 e. The van der Waals surface area contributed by atoms with E-state index in [1.54, 1.807) is 30.3 Å². The molecule has 0 aliphatic carbocycles. The zero-order chi connectivity index (χ0) is 16.8. The van der Waals surface area contributed by atoms with Crippen LogP contribution in [0.4, 0.5) is 13.2 Å². The topological polar surface area (TPSA) is 50.2 Å². The second-order valence-corrected chi connectivity index (χ2v) is 5.58. The Morgan fingerprint density at radius 1 is 1.26 bits per heavy atom. The van der Waals surface area contributed by atoms with Crippen LogP contribution in [0.25, 0.3) is 16.9 Å². The number of aromatic amines is 1. The van der Waals surface area contributed by atoms with E-state index < -0.39 is 18.2 Å². The van der Waals surface area contributed by atoms with Gasteiger partial charge in [-0.2, -0.15) is 13.2 Å². The molecule has 3 aromatic rings. The summed E-state index contributed by atoms with van der Waals surface area (Å²) in [5.74, 6) is 0. The van der Waals surface area contributed by atoms with Crippen LogP contribution in [0.1, 0.15) is 11.3 Å². The summed E-state index contributed by atoms with van der Waals surface area (Å²) >= 11 is 5.82. The van der Waals surface area contributed by atoms with Crippen molar-refractivity contribution in [3.8, 4) is 11.3 Å². The summed E-state index contributed by atoms with van der Waals surface area (Å²) in [5, 5.41) is 3.34. The maximum atomic E-state index is 12.6. The number of benzene rings is 1. The molecule has 0 saturated heterocycles. The van der Waals surface area contributed by atoms with Crippen LogP contribution in [0.3, 0.4) is 0 Å². The van der Waals surface area contributed by atoms with Crippen molar-refractivity contribution in [2.75, 3.05) is 0 Å². The summed E-state index contributed by atoms with van der Waals surface area (Å²) in [7, 11) is 0. The fourth-order valence-corrected chi connectivity index (χ4v) is 2.48. The van der Waals surface area contributed by atoms with Gasteiger partial charge in [0.1, 0.15) is 0 Å². The molecular weight excluding hydrogens is 331 g/mol. The van der Waals surface area contributed by atoms with Gasteiger partial charge < -0.3 is 0 Å². The number of aromatic nitrogens is 3. The van der Waals surface area contributed by atoms with E-state index >= 15 is 0 Å². The maximum Gasteiger partial charge on any atom is 0.393 e. The van der Waals surface area contributed by atoms with Gasteiger partial charge >= 0.3 is 6.18 Å². The fraction of sp³-hybridized carbons (Fsp3) is 0.200. The minimum atomic E-state index is -4.47. The molecule has 8 heteroatoms. The van der Waals surface area contributed by atoms with Gasteiger partial charge in [0.15, 0.2) is 5.65 Å². The van der Waals surface area contributed by atoms with Crippen molar-refractivity contribution >= 4 is 17.2 Å². The Morgan fingerprint density at radius 3 is 2.52 bits per heavy atom. The number of H-pyrrole nitrogens is 1. The summed E-state index contributed by atoms with van der Waals surface area (Å²) in [6, 6.07) is 8.44. The Morgan fingerprint density at radius 2 is 1.91 bits per heavy atom. The molecule has 1 N–H and O–H groups in total. The highest BCUT2D eigenvalue weighted by molar-refractivity contribution is 6.30. The summed E-state index contributed by atoms with van der Waals surface area (Å²) < 4.78 is 38.9. The monoisotopic (exact) mass is 341 g/mol. The van der Waals surface area contributed by atoms with E-state index in [0.717, 1.165) is 10.1 Å². The first kappa shape index (κ1) is 15.6. The largest absolute Gasteiger partial charge is 0.393 e. The number of hydrogen-bond acceptors (Lipinski definition) is 2. The van der Waals surface area contributed by atoms with Crippen molar-refractivity contribution in [2.45, 2.75) is 19.5 Å². The van der Waals surface area contributed by atoms with Crippen molar-refractivity contribution < 1.29 is 13.2 Å². The van der Waals surface area contributed by atoms with E-state index in [9.17, 15) is 18.0 Å². The minimum absolute atomic E-state index is 0.0778. The van der Waals surface area contributed by atoms with Gasteiger partial charge in [-0.3, -0.25) is 9.89 Å². The van der Waals surface area contributed by atoms with Crippen LogP contribution >= 0.6 is 11.6 Å². The number of nitrogens with one attached hydrogen (secondary N) is 1. The SMILES string of the molecule is Cc1nc2cc(-c3ccc(Cl)cc3)[nH]n2c(=O)c1CC(F)(F)F. The molecule has 0 spiro atoms. The van der Waals surface area contributed by atoms with Crippen molar-refractivity contribution in [3.05, 3.63) is 57.0 Å².